The summed E-state index contributed by atoms with van der Waals surface area (Å²) in [5, 5.41) is 0. The molecule has 0 aromatic heterocycles. The lowest BCUT2D eigenvalue weighted by Crippen LogP contribution is -2.44. The van der Waals surface area contributed by atoms with Gasteiger partial charge >= 0.3 is 0 Å². The standard InChI is InChI=1S/C14H15NO3/c1-3-9(2)12(8-16)15-13(17)10-6-4-5-7-11(10)14(15)18/h4-9,12H,3H2,1-2H3/t9-,12+/m0/s1. The molecular weight excluding hydrogens is 230 g/mol. The quantitative estimate of drug-likeness (QED) is 0.601. The van der Waals surface area contributed by atoms with Gasteiger partial charge in [-0.3, -0.25) is 14.5 Å². The molecule has 0 bridgehead atoms. The molecule has 0 spiro atoms. The number of aldehydes is 1. The van der Waals surface area contributed by atoms with Gasteiger partial charge in [0.05, 0.1) is 17.2 Å². The molecule has 4 heteroatoms. The van der Waals surface area contributed by atoms with E-state index in [0.29, 0.717) is 17.4 Å². The maximum Gasteiger partial charge on any atom is 0.262 e. The summed E-state index contributed by atoms with van der Waals surface area (Å²) in [4.78, 5) is 36.6. The minimum atomic E-state index is -0.678. The van der Waals surface area contributed by atoms with E-state index < -0.39 is 6.04 Å². The van der Waals surface area contributed by atoms with Gasteiger partial charge in [0, 0.05) is 0 Å². The van der Waals surface area contributed by atoms with Crippen LogP contribution in [0.25, 0.3) is 0 Å². The Kier molecular flexibility index (Phi) is 3.28. The van der Waals surface area contributed by atoms with Gasteiger partial charge in [-0.2, -0.15) is 0 Å². The van der Waals surface area contributed by atoms with E-state index in [1.54, 1.807) is 24.3 Å². The highest BCUT2D eigenvalue weighted by Gasteiger charge is 2.41. The van der Waals surface area contributed by atoms with Gasteiger partial charge in [0.15, 0.2) is 0 Å². The first kappa shape index (κ1) is 12.5. The van der Waals surface area contributed by atoms with Crippen LogP contribution in [0.15, 0.2) is 24.3 Å². The molecule has 0 saturated heterocycles. The topological polar surface area (TPSA) is 54.5 Å². The number of nitrogens with zero attached hydrogens (tertiary/aromatic N) is 1. The average molecular weight is 245 g/mol. The number of benzene rings is 1. The number of rotatable bonds is 4. The highest BCUT2D eigenvalue weighted by Crippen LogP contribution is 2.27. The van der Waals surface area contributed by atoms with Crippen LogP contribution < -0.4 is 0 Å². The molecule has 1 aliphatic rings. The molecule has 94 valence electrons. The third-order valence-electron chi connectivity index (χ3n) is 3.49. The molecule has 4 nitrogen and oxygen atoms in total. The van der Waals surface area contributed by atoms with Gasteiger partial charge in [0.1, 0.15) is 6.29 Å². The van der Waals surface area contributed by atoms with E-state index in [1.165, 1.54) is 0 Å². The van der Waals surface area contributed by atoms with Crippen LogP contribution in [0.5, 0.6) is 0 Å². The molecule has 1 aliphatic heterocycles. The predicted octanol–water partition coefficient (Wildman–Crippen LogP) is 1.90. The Morgan fingerprint density at radius 2 is 1.67 bits per heavy atom. The Labute approximate surface area is 106 Å². The highest BCUT2D eigenvalue weighted by atomic mass is 16.2. The highest BCUT2D eigenvalue weighted by molar-refractivity contribution is 6.22. The molecule has 2 rings (SSSR count). The summed E-state index contributed by atoms with van der Waals surface area (Å²) in [5.41, 5.74) is 0.773. The SMILES string of the molecule is CC[C@H](C)[C@@H](C=O)N1C(=O)c2ccccc2C1=O. The number of carbonyl (C=O) groups is 3. The number of imide groups is 1. The second-order valence-corrected chi connectivity index (χ2v) is 4.54. The van der Waals surface area contributed by atoms with Gasteiger partial charge in [-0.15, -0.1) is 0 Å². The summed E-state index contributed by atoms with van der Waals surface area (Å²) in [6.45, 7) is 3.79. The Morgan fingerprint density at radius 3 is 2.06 bits per heavy atom. The number of amides is 2. The van der Waals surface area contributed by atoms with Crippen LogP contribution in [0.3, 0.4) is 0 Å². The second-order valence-electron chi connectivity index (χ2n) is 4.54. The zero-order chi connectivity index (χ0) is 13.3. The molecule has 1 aromatic carbocycles. The molecule has 0 N–H and O–H groups in total. The molecule has 0 aliphatic carbocycles. The zero-order valence-corrected chi connectivity index (χ0v) is 10.4. The minimum absolute atomic E-state index is 0.0373. The number of hydrogen-bond donors (Lipinski definition) is 0. The van der Waals surface area contributed by atoms with Crippen molar-refractivity contribution in [2.75, 3.05) is 0 Å². The maximum atomic E-state index is 12.2. The van der Waals surface area contributed by atoms with E-state index in [2.05, 4.69) is 0 Å². The third kappa shape index (κ3) is 1.74. The fourth-order valence-electron chi connectivity index (χ4n) is 2.17. The van der Waals surface area contributed by atoms with Crippen LogP contribution in [0.1, 0.15) is 41.0 Å². The summed E-state index contributed by atoms with van der Waals surface area (Å²) in [5.74, 6) is -0.772. The van der Waals surface area contributed by atoms with Crippen LogP contribution in [0, 0.1) is 5.92 Å². The fourth-order valence-corrected chi connectivity index (χ4v) is 2.17. The van der Waals surface area contributed by atoms with Crippen LogP contribution in [-0.4, -0.2) is 29.0 Å². The second kappa shape index (κ2) is 4.72. The summed E-state index contributed by atoms with van der Waals surface area (Å²) >= 11 is 0. The van der Waals surface area contributed by atoms with Gasteiger partial charge in [0.2, 0.25) is 0 Å². The molecule has 0 saturated carbocycles. The van der Waals surface area contributed by atoms with E-state index in [1.807, 2.05) is 13.8 Å². The van der Waals surface area contributed by atoms with Crippen LogP contribution in [0.2, 0.25) is 0 Å². The first-order chi connectivity index (χ1) is 8.61. The first-order valence-electron chi connectivity index (χ1n) is 6.04. The van der Waals surface area contributed by atoms with Crippen molar-refractivity contribution in [1.29, 1.82) is 0 Å². The molecule has 1 heterocycles. The van der Waals surface area contributed by atoms with Crippen molar-refractivity contribution in [3.8, 4) is 0 Å². The van der Waals surface area contributed by atoms with Gasteiger partial charge in [-0.05, 0) is 18.1 Å². The van der Waals surface area contributed by atoms with Gasteiger partial charge in [-0.25, -0.2) is 0 Å². The van der Waals surface area contributed by atoms with E-state index in [-0.39, 0.29) is 17.7 Å². The zero-order valence-electron chi connectivity index (χ0n) is 10.4. The molecule has 0 fully saturated rings. The summed E-state index contributed by atoms with van der Waals surface area (Å²) in [6.07, 6.45) is 1.42. The van der Waals surface area contributed by atoms with Crippen molar-refractivity contribution in [1.82, 2.24) is 4.90 Å². The Hall–Kier alpha value is -1.97. The van der Waals surface area contributed by atoms with Crippen molar-refractivity contribution >= 4 is 18.1 Å². The van der Waals surface area contributed by atoms with Crippen LogP contribution >= 0.6 is 0 Å². The summed E-state index contributed by atoms with van der Waals surface area (Å²) in [6, 6.07) is 5.99. The molecular formula is C14H15NO3. The molecule has 2 amide bonds. The molecule has 0 unspecified atom stereocenters. The lowest BCUT2D eigenvalue weighted by Gasteiger charge is -2.25. The lowest BCUT2D eigenvalue weighted by atomic mass is 9.99. The van der Waals surface area contributed by atoms with Gasteiger partial charge < -0.3 is 4.79 Å². The summed E-state index contributed by atoms with van der Waals surface area (Å²) in [7, 11) is 0. The minimum Gasteiger partial charge on any atom is -0.301 e. The third-order valence-corrected chi connectivity index (χ3v) is 3.49. The smallest absolute Gasteiger partial charge is 0.262 e. The number of carbonyl (C=O) groups excluding carboxylic acids is 3. The van der Waals surface area contributed by atoms with Crippen molar-refractivity contribution in [3.63, 3.8) is 0 Å². The molecule has 2 atom stereocenters. The Bertz CT molecular complexity index is 475. The normalized spacial score (nSPS) is 17.6. The first-order valence-corrected chi connectivity index (χ1v) is 6.04. The maximum absolute atomic E-state index is 12.2. The van der Waals surface area contributed by atoms with Crippen LogP contribution in [-0.2, 0) is 4.79 Å². The van der Waals surface area contributed by atoms with E-state index in [9.17, 15) is 14.4 Å². The predicted molar refractivity (Wildman–Crippen MR) is 66.2 cm³/mol. The fraction of sp³-hybridized carbons (Fsp3) is 0.357. The average Bonchev–Trinajstić information content (AvgIpc) is 2.65. The largest absolute Gasteiger partial charge is 0.301 e. The monoisotopic (exact) mass is 245 g/mol. The van der Waals surface area contributed by atoms with Crippen molar-refractivity contribution in [2.45, 2.75) is 26.3 Å². The van der Waals surface area contributed by atoms with E-state index >= 15 is 0 Å². The van der Waals surface area contributed by atoms with Gasteiger partial charge in [0.25, 0.3) is 11.8 Å². The number of hydrogen-bond acceptors (Lipinski definition) is 3. The Balaban J connectivity index is 2.41. The Morgan fingerprint density at radius 1 is 1.17 bits per heavy atom. The van der Waals surface area contributed by atoms with Crippen molar-refractivity contribution < 1.29 is 14.4 Å². The van der Waals surface area contributed by atoms with Gasteiger partial charge in [-0.1, -0.05) is 32.4 Å². The van der Waals surface area contributed by atoms with E-state index in [4.69, 9.17) is 0 Å². The lowest BCUT2D eigenvalue weighted by molar-refractivity contribution is -0.112. The van der Waals surface area contributed by atoms with Crippen LogP contribution in [0.4, 0.5) is 0 Å². The van der Waals surface area contributed by atoms with Crippen molar-refractivity contribution in [3.05, 3.63) is 35.4 Å². The molecule has 18 heavy (non-hydrogen) atoms. The van der Waals surface area contributed by atoms with E-state index in [0.717, 1.165) is 11.3 Å². The molecule has 0 radical (unpaired) electrons. The summed E-state index contributed by atoms with van der Waals surface area (Å²) < 4.78 is 0. The van der Waals surface area contributed by atoms with Crippen molar-refractivity contribution in [2.24, 2.45) is 5.92 Å². The molecule has 1 aromatic rings. The number of fused-ring (bicyclic) bond motifs is 1.